The lowest BCUT2D eigenvalue weighted by atomic mass is 9.69. The Bertz CT molecular complexity index is 864. The Balaban J connectivity index is 0.00000210. The molecule has 1 heterocycles. The molecule has 2 aromatic rings. The van der Waals surface area contributed by atoms with Gasteiger partial charge < -0.3 is 27.2 Å². The Morgan fingerprint density at radius 1 is 1.19 bits per heavy atom. The molecule has 0 radical (unpaired) electrons. The largest absolute Gasteiger partial charge is 1.00 e. The van der Waals surface area contributed by atoms with Crippen molar-refractivity contribution in [3.8, 4) is 22.6 Å². The molecule has 2 aliphatic rings. The highest BCUT2D eigenvalue weighted by Crippen LogP contribution is 2.49. The fraction of sp³-hybridized carbons (Fsp3) is 0.478. The number of phenolic OH excluding ortho intramolecular Hbond substituents is 1. The van der Waals surface area contributed by atoms with Crippen LogP contribution in [0.15, 0.2) is 24.3 Å². The van der Waals surface area contributed by atoms with Crippen molar-refractivity contribution in [2.75, 3.05) is 20.2 Å². The van der Waals surface area contributed by atoms with E-state index in [4.69, 9.17) is 4.74 Å². The lowest BCUT2D eigenvalue weighted by molar-refractivity contribution is -0.943. The Hall–Kier alpha value is -1.71. The van der Waals surface area contributed by atoms with Gasteiger partial charge in [-0.3, -0.25) is 0 Å². The van der Waals surface area contributed by atoms with Crippen LogP contribution in [0.25, 0.3) is 11.1 Å². The number of ether oxygens (including phenoxy) is 1. The summed E-state index contributed by atoms with van der Waals surface area (Å²) in [6, 6.07) is 8.73. The molecule has 2 atom stereocenters. The number of benzene rings is 2. The maximum Gasteiger partial charge on any atom is 0.126 e. The van der Waals surface area contributed by atoms with Crippen LogP contribution in [0.4, 0.5) is 0 Å². The number of phenols is 1. The second kappa shape index (κ2) is 7.37. The third-order valence-electron chi connectivity index (χ3n) is 6.47. The summed E-state index contributed by atoms with van der Waals surface area (Å²) < 4.78 is 6.01. The van der Waals surface area contributed by atoms with Crippen LogP contribution in [0, 0.1) is 0 Å². The first kappa shape index (κ1) is 20.0. The van der Waals surface area contributed by atoms with Crippen molar-refractivity contribution in [2.45, 2.75) is 52.0 Å². The van der Waals surface area contributed by atoms with Gasteiger partial charge in [0.25, 0.3) is 0 Å². The number of hydrogen-bond donors (Lipinski definition) is 2. The SMILES string of the molecule is CCCOc1cc2c3c(c1)-c1c(ccc(CC)c1O)C[C@@]3(C)[NH+](C)CC2.[Cl-]. The van der Waals surface area contributed by atoms with Gasteiger partial charge >= 0.3 is 0 Å². The predicted molar refractivity (Wildman–Crippen MR) is 105 cm³/mol. The molecule has 4 heteroatoms. The van der Waals surface area contributed by atoms with Gasteiger partial charge in [0, 0.05) is 24.0 Å². The first-order valence-corrected chi connectivity index (χ1v) is 9.96. The minimum absolute atomic E-state index is 0. The number of aromatic hydroxyl groups is 1. The van der Waals surface area contributed by atoms with Crippen LogP contribution in [-0.2, 0) is 24.8 Å². The summed E-state index contributed by atoms with van der Waals surface area (Å²) in [5.41, 5.74) is 7.38. The summed E-state index contributed by atoms with van der Waals surface area (Å²) in [6.45, 7) is 8.47. The van der Waals surface area contributed by atoms with Gasteiger partial charge in [0.05, 0.1) is 20.2 Å². The molecule has 4 rings (SSSR count). The summed E-state index contributed by atoms with van der Waals surface area (Å²) in [5.74, 6) is 1.40. The summed E-state index contributed by atoms with van der Waals surface area (Å²) in [4.78, 5) is 1.55. The Kier molecular flexibility index (Phi) is 5.47. The van der Waals surface area contributed by atoms with Crippen molar-refractivity contribution < 1.29 is 27.2 Å². The van der Waals surface area contributed by atoms with E-state index in [0.717, 1.165) is 55.7 Å². The normalized spacial score (nSPS) is 22.4. The molecule has 3 nitrogen and oxygen atoms in total. The molecule has 0 spiro atoms. The zero-order chi connectivity index (χ0) is 18.5. The maximum absolute atomic E-state index is 11.0. The first-order chi connectivity index (χ1) is 12.5. The molecule has 0 aromatic heterocycles. The van der Waals surface area contributed by atoms with Crippen LogP contribution < -0.4 is 22.0 Å². The van der Waals surface area contributed by atoms with E-state index in [-0.39, 0.29) is 17.9 Å². The molecule has 2 aromatic carbocycles. The maximum atomic E-state index is 11.0. The van der Waals surface area contributed by atoms with Crippen LogP contribution in [0.1, 0.15) is 49.4 Å². The van der Waals surface area contributed by atoms with Gasteiger partial charge in [-0.2, -0.15) is 0 Å². The zero-order valence-corrected chi connectivity index (χ0v) is 17.5. The van der Waals surface area contributed by atoms with E-state index in [2.05, 4.69) is 52.1 Å². The molecule has 0 saturated heterocycles. The van der Waals surface area contributed by atoms with E-state index in [9.17, 15) is 5.11 Å². The number of rotatable bonds is 4. The summed E-state index contributed by atoms with van der Waals surface area (Å²) >= 11 is 0. The molecule has 0 amide bonds. The molecule has 27 heavy (non-hydrogen) atoms. The molecule has 1 unspecified atom stereocenters. The van der Waals surface area contributed by atoms with Gasteiger partial charge in [-0.05, 0) is 54.2 Å². The highest BCUT2D eigenvalue weighted by atomic mass is 35.5. The van der Waals surface area contributed by atoms with Crippen LogP contribution >= 0.6 is 0 Å². The van der Waals surface area contributed by atoms with Gasteiger partial charge in [-0.1, -0.05) is 26.0 Å². The van der Waals surface area contributed by atoms with Crippen LogP contribution in [0.3, 0.4) is 0 Å². The van der Waals surface area contributed by atoms with Gasteiger partial charge in [-0.15, -0.1) is 0 Å². The first-order valence-electron chi connectivity index (χ1n) is 9.96. The average molecular weight is 388 g/mol. The van der Waals surface area contributed by atoms with Crippen molar-refractivity contribution in [1.29, 1.82) is 0 Å². The third kappa shape index (κ3) is 3.01. The summed E-state index contributed by atoms with van der Waals surface area (Å²) in [6.07, 6.45) is 3.88. The smallest absolute Gasteiger partial charge is 0.126 e. The fourth-order valence-electron chi connectivity index (χ4n) is 4.86. The van der Waals surface area contributed by atoms with Gasteiger partial charge in [0.1, 0.15) is 17.0 Å². The standard InChI is InChI=1S/C23H29NO2.ClH/c1-5-11-26-18-12-16-9-10-24(4)23(3)14-17-8-7-15(6-2)22(25)20(17)19(13-18)21(16)23;/h7-8,12-13,25H,5-6,9-11,14H2,1-4H3;1H/t23-;/m1./s1. The summed E-state index contributed by atoms with van der Waals surface area (Å²) in [7, 11) is 2.31. The number of nitrogens with one attached hydrogen (secondary N) is 1. The van der Waals surface area contributed by atoms with E-state index in [0.29, 0.717) is 5.75 Å². The van der Waals surface area contributed by atoms with E-state index >= 15 is 0 Å². The van der Waals surface area contributed by atoms with Gasteiger partial charge in [0.2, 0.25) is 0 Å². The Labute approximate surface area is 168 Å². The molecule has 2 N–H and O–H groups in total. The number of hydrogen-bond acceptors (Lipinski definition) is 2. The van der Waals surface area contributed by atoms with Gasteiger partial charge in [0.15, 0.2) is 0 Å². The van der Waals surface area contributed by atoms with Crippen LogP contribution in [0.2, 0.25) is 0 Å². The minimum atomic E-state index is 0. The molecule has 0 bridgehead atoms. The quantitative estimate of drug-likeness (QED) is 0.789. The second-order valence-corrected chi connectivity index (χ2v) is 8.10. The molecule has 1 aliphatic heterocycles. The topological polar surface area (TPSA) is 33.9 Å². The Morgan fingerprint density at radius 2 is 1.96 bits per heavy atom. The predicted octanol–water partition coefficient (Wildman–Crippen LogP) is 0.257. The van der Waals surface area contributed by atoms with E-state index < -0.39 is 0 Å². The average Bonchev–Trinajstić information content (AvgIpc) is 2.63. The molecular formula is C23H30ClNO2. The number of fused-ring (bicyclic) bond motifs is 2. The molecule has 0 fully saturated rings. The molecule has 0 saturated carbocycles. The highest BCUT2D eigenvalue weighted by Gasteiger charge is 2.46. The van der Waals surface area contributed by atoms with Crippen LogP contribution in [-0.4, -0.2) is 25.3 Å². The number of likely N-dealkylation sites (N-methyl/N-ethyl adjacent to an activating group) is 1. The molecular weight excluding hydrogens is 358 g/mol. The van der Waals surface area contributed by atoms with E-state index in [1.165, 1.54) is 22.3 Å². The third-order valence-corrected chi connectivity index (χ3v) is 6.47. The zero-order valence-electron chi connectivity index (χ0n) is 16.8. The molecule has 1 aliphatic carbocycles. The van der Waals surface area contributed by atoms with Crippen molar-refractivity contribution >= 4 is 0 Å². The second-order valence-electron chi connectivity index (χ2n) is 8.10. The lowest BCUT2D eigenvalue weighted by Gasteiger charge is -2.45. The van der Waals surface area contributed by atoms with Crippen LogP contribution in [0.5, 0.6) is 11.5 Å². The van der Waals surface area contributed by atoms with E-state index in [1.807, 2.05) is 0 Å². The molecule has 146 valence electrons. The van der Waals surface area contributed by atoms with Crippen molar-refractivity contribution in [1.82, 2.24) is 0 Å². The fourth-order valence-corrected chi connectivity index (χ4v) is 4.86. The summed E-state index contributed by atoms with van der Waals surface area (Å²) in [5, 5.41) is 11.0. The monoisotopic (exact) mass is 387 g/mol. The number of quaternary nitrogens is 1. The Morgan fingerprint density at radius 3 is 2.67 bits per heavy atom. The van der Waals surface area contributed by atoms with Crippen molar-refractivity contribution in [2.24, 2.45) is 0 Å². The van der Waals surface area contributed by atoms with Crippen molar-refractivity contribution in [3.05, 3.63) is 46.5 Å². The van der Waals surface area contributed by atoms with E-state index in [1.54, 1.807) is 4.90 Å². The van der Waals surface area contributed by atoms with Crippen molar-refractivity contribution in [3.63, 3.8) is 0 Å². The number of aryl methyl sites for hydroxylation is 1. The minimum Gasteiger partial charge on any atom is -1.00 e. The van der Waals surface area contributed by atoms with Gasteiger partial charge in [-0.25, -0.2) is 0 Å². The number of halogens is 1. The highest BCUT2D eigenvalue weighted by molar-refractivity contribution is 5.82. The lowest BCUT2D eigenvalue weighted by Crippen LogP contribution is -3.17.